The number of ether oxygens (including phenoxy) is 1. The Morgan fingerprint density at radius 1 is 1.21 bits per heavy atom. The van der Waals surface area contributed by atoms with E-state index < -0.39 is 0 Å². The minimum atomic E-state index is 0.552. The maximum atomic E-state index is 5.85. The highest BCUT2D eigenvalue weighted by atomic mass is 16.5. The Kier molecular flexibility index (Phi) is 5.00. The summed E-state index contributed by atoms with van der Waals surface area (Å²) < 4.78 is 5.85. The van der Waals surface area contributed by atoms with Crippen LogP contribution in [0.4, 0.5) is 5.82 Å². The van der Waals surface area contributed by atoms with Crippen LogP contribution in [0.25, 0.3) is 0 Å². The molecule has 1 aromatic rings. The molecule has 0 saturated heterocycles. The van der Waals surface area contributed by atoms with Gasteiger partial charge < -0.3 is 10.1 Å². The molecular weight excluding hydrogens is 238 g/mol. The number of aromatic nitrogens is 2. The molecule has 0 aromatic carbocycles. The zero-order valence-corrected chi connectivity index (χ0v) is 12.3. The molecule has 1 aromatic heterocycles. The Hall–Kier alpha value is -1.32. The Morgan fingerprint density at radius 3 is 2.63 bits per heavy atom. The van der Waals surface area contributed by atoms with Gasteiger partial charge in [-0.25, -0.2) is 4.98 Å². The van der Waals surface area contributed by atoms with E-state index in [0.29, 0.717) is 5.92 Å². The van der Waals surface area contributed by atoms with Crippen LogP contribution in [0.1, 0.15) is 63.3 Å². The van der Waals surface area contributed by atoms with Crippen molar-refractivity contribution in [2.45, 2.75) is 58.8 Å². The lowest BCUT2D eigenvalue weighted by Crippen LogP contribution is -2.09. The second kappa shape index (κ2) is 6.73. The third-order valence-corrected chi connectivity index (χ3v) is 3.39. The molecule has 1 aliphatic carbocycles. The van der Waals surface area contributed by atoms with E-state index in [0.717, 1.165) is 42.7 Å². The molecule has 1 saturated carbocycles. The minimum Gasteiger partial charge on any atom is -0.477 e. The third kappa shape index (κ3) is 3.82. The van der Waals surface area contributed by atoms with E-state index in [9.17, 15) is 0 Å². The first-order valence-corrected chi connectivity index (χ1v) is 7.51. The topological polar surface area (TPSA) is 47.0 Å². The van der Waals surface area contributed by atoms with Gasteiger partial charge in [-0.3, -0.25) is 0 Å². The summed E-state index contributed by atoms with van der Waals surface area (Å²) in [4.78, 5) is 9.23. The highest BCUT2D eigenvalue weighted by Crippen LogP contribution is 2.39. The second-order valence-electron chi connectivity index (χ2n) is 5.22. The summed E-state index contributed by atoms with van der Waals surface area (Å²) in [5, 5.41) is 3.31. The summed E-state index contributed by atoms with van der Waals surface area (Å²) in [6.07, 6.45) is 5.94. The average molecular weight is 263 g/mol. The predicted octanol–water partition coefficient (Wildman–Crippen LogP) is 3.66. The molecule has 2 rings (SSSR count). The molecule has 0 unspecified atom stereocenters. The number of rotatable bonds is 8. The van der Waals surface area contributed by atoms with Crippen LogP contribution in [0, 0.1) is 6.92 Å². The molecule has 19 heavy (non-hydrogen) atoms. The van der Waals surface area contributed by atoms with Gasteiger partial charge in [0.2, 0.25) is 5.88 Å². The lowest BCUT2D eigenvalue weighted by atomic mass is 10.2. The Balaban J connectivity index is 2.10. The number of nitrogens with zero attached hydrogens (tertiary/aromatic N) is 2. The van der Waals surface area contributed by atoms with Crippen molar-refractivity contribution in [3.8, 4) is 5.88 Å². The monoisotopic (exact) mass is 263 g/mol. The summed E-state index contributed by atoms with van der Waals surface area (Å²) in [6, 6.07) is 0. The summed E-state index contributed by atoms with van der Waals surface area (Å²) in [5.74, 6) is 3.21. The zero-order chi connectivity index (χ0) is 13.7. The third-order valence-electron chi connectivity index (χ3n) is 3.39. The minimum absolute atomic E-state index is 0.552. The Morgan fingerprint density at radius 2 is 2.00 bits per heavy atom. The maximum absolute atomic E-state index is 5.85. The SMILES string of the molecule is CCCCCOc1nc(C2CC2)nc(NCC)c1C. The van der Waals surface area contributed by atoms with Crippen molar-refractivity contribution in [3.05, 3.63) is 11.4 Å². The standard InChI is InChI=1S/C15H25N3O/c1-4-6-7-10-19-15-11(3)13(16-5-2)17-14(18-15)12-8-9-12/h12H,4-10H2,1-3H3,(H,16,17,18). The van der Waals surface area contributed by atoms with Crippen molar-refractivity contribution in [2.75, 3.05) is 18.5 Å². The van der Waals surface area contributed by atoms with E-state index in [4.69, 9.17) is 4.74 Å². The van der Waals surface area contributed by atoms with Gasteiger partial charge >= 0.3 is 0 Å². The van der Waals surface area contributed by atoms with Gasteiger partial charge in [-0.1, -0.05) is 19.8 Å². The van der Waals surface area contributed by atoms with E-state index in [1.165, 1.54) is 25.7 Å². The fourth-order valence-electron chi connectivity index (χ4n) is 2.04. The molecule has 106 valence electrons. The molecule has 1 fully saturated rings. The highest BCUT2D eigenvalue weighted by molar-refractivity contribution is 5.49. The first-order chi connectivity index (χ1) is 9.26. The van der Waals surface area contributed by atoms with Gasteiger partial charge in [-0.2, -0.15) is 4.98 Å². The first-order valence-electron chi connectivity index (χ1n) is 7.51. The Labute approximate surface area is 116 Å². The largest absolute Gasteiger partial charge is 0.477 e. The number of hydrogen-bond donors (Lipinski definition) is 1. The van der Waals surface area contributed by atoms with Crippen molar-refractivity contribution in [1.82, 2.24) is 9.97 Å². The Bertz CT molecular complexity index is 416. The normalized spacial score (nSPS) is 14.5. The van der Waals surface area contributed by atoms with Crippen molar-refractivity contribution < 1.29 is 4.74 Å². The fraction of sp³-hybridized carbons (Fsp3) is 0.733. The van der Waals surface area contributed by atoms with Gasteiger partial charge in [0.15, 0.2) is 0 Å². The summed E-state index contributed by atoms with van der Waals surface area (Å²) in [7, 11) is 0. The van der Waals surface area contributed by atoms with E-state index in [2.05, 4.69) is 29.1 Å². The van der Waals surface area contributed by atoms with Crippen molar-refractivity contribution in [1.29, 1.82) is 0 Å². The van der Waals surface area contributed by atoms with Crippen LogP contribution < -0.4 is 10.1 Å². The highest BCUT2D eigenvalue weighted by Gasteiger charge is 2.28. The smallest absolute Gasteiger partial charge is 0.221 e. The van der Waals surface area contributed by atoms with Crippen LogP contribution in [-0.4, -0.2) is 23.1 Å². The van der Waals surface area contributed by atoms with E-state index in [1.54, 1.807) is 0 Å². The molecule has 0 bridgehead atoms. The van der Waals surface area contributed by atoms with Crippen LogP contribution in [0.5, 0.6) is 5.88 Å². The summed E-state index contributed by atoms with van der Waals surface area (Å²) in [5.41, 5.74) is 1.03. The van der Waals surface area contributed by atoms with Gasteiger partial charge in [-0.05, 0) is 33.1 Å². The van der Waals surface area contributed by atoms with E-state index in [1.807, 2.05) is 6.92 Å². The molecule has 1 N–H and O–H groups in total. The van der Waals surface area contributed by atoms with Gasteiger partial charge in [0.05, 0.1) is 12.2 Å². The molecule has 4 nitrogen and oxygen atoms in total. The zero-order valence-electron chi connectivity index (χ0n) is 12.3. The van der Waals surface area contributed by atoms with Crippen LogP contribution in [0.15, 0.2) is 0 Å². The van der Waals surface area contributed by atoms with Crippen LogP contribution in [-0.2, 0) is 0 Å². The number of anilines is 1. The lowest BCUT2D eigenvalue weighted by molar-refractivity contribution is 0.291. The van der Waals surface area contributed by atoms with Gasteiger partial charge in [-0.15, -0.1) is 0 Å². The molecular formula is C15H25N3O. The van der Waals surface area contributed by atoms with Crippen molar-refractivity contribution >= 4 is 5.82 Å². The first kappa shape index (κ1) is 14.1. The predicted molar refractivity (Wildman–Crippen MR) is 77.9 cm³/mol. The molecule has 0 spiro atoms. The van der Waals surface area contributed by atoms with Gasteiger partial charge in [0, 0.05) is 12.5 Å². The number of unbranched alkanes of at least 4 members (excludes halogenated alkanes) is 2. The van der Waals surface area contributed by atoms with Crippen molar-refractivity contribution in [3.63, 3.8) is 0 Å². The lowest BCUT2D eigenvalue weighted by Gasteiger charge is -2.13. The van der Waals surface area contributed by atoms with Crippen LogP contribution in [0.2, 0.25) is 0 Å². The van der Waals surface area contributed by atoms with Crippen molar-refractivity contribution in [2.24, 2.45) is 0 Å². The molecule has 0 amide bonds. The van der Waals surface area contributed by atoms with Gasteiger partial charge in [0.25, 0.3) is 0 Å². The molecule has 0 atom stereocenters. The van der Waals surface area contributed by atoms with Gasteiger partial charge in [0.1, 0.15) is 11.6 Å². The van der Waals surface area contributed by atoms with E-state index in [-0.39, 0.29) is 0 Å². The molecule has 4 heteroatoms. The molecule has 1 heterocycles. The summed E-state index contributed by atoms with van der Waals surface area (Å²) in [6.45, 7) is 7.94. The van der Waals surface area contributed by atoms with Crippen LogP contribution >= 0.6 is 0 Å². The average Bonchev–Trinajstić information content (AvgIpc) is 3.23. The molecule has 0 radical (unpaired) electrons. The summed E-state index contributed by atoms with van der Waals surface area (Å²) >= 11 is 0. The number of hydrogen-bond acceptors (Lipinski definition) is 4. The van der Waals surface area contributed by atoms with Crippen LogP contribution in [0.3, 0.4) is 0 Å². The maximum Gasteiger partial charge on any atom is 0.221 e. The number of nitrogens with one attached hydrogen (secondary N) is 1. The second-order valence-corrected chi connectivity index (χ2v) is 5.22. The molecule has 0 aliphatic heterocycles. The quantitative estimate of drug-likeness (QED) is 0.727. The van der Waals surface area contributed by atoms with E-state index >= 15 is 0 Å². The molecule has 1 aliphatic rings. The fourth-order valence-corrected chi connectivity index (χ4v) is 2.04.